The van der Waals surface area contributed by atoms with Gasteiger partial charge in [-0.1, -0.05) is 197 Å². The van der Waals surface area contributed by atoms with Crippen LogP contribution in [0.25, 0.3) is 22.3 Å². The van der Waals surface area contributed by atoms with Crippen molar-refractivity contribution in [3.8, 4) is 22.3 Å². The smallest absolute Gasteiger partial charge is 0.0693 e. The average Bonchev–Trinajstić information content (AvgIpc) is 3.84. The lowest BCUT2D eigenvalue weighted by atomic mass is 10.00. The number of benzene rings is 5. The molecule has 58 heavy (non-hydrogen) atoms. The lowest BCUT2D eigenvalue weighted by Gasteiger charge is -2.34. The summed E-state index contributed by atoms with van der Waals surface area (Å²) >= 11 is 0. The summed E-state index contributed by atoms with van der Waals surface area (Å²) in [5.41, 5.74) is 13.0. The van der Waals surface area contributed by atoms with Gasteiger partial charge in [0.25, 0.3) is 0 Å². The van der Waals surface area contributed by atoms with Crippen LogP contribution in [-0.4, -0.2) is 0 Å². The van der Waals surface area contributed by atoms with Gasteiger partial charge in [-0.25, -0.2) is 0 Å². The molecule has 0 spiro atoms. The molecule has 0 aliphatic heterocycles. The Morgan fingerprint density at radius 2 is 1.07 bits per heavy atom. The minimum absolute atomic E-state index is 0.928. The van der Waals surface area contributed by atoms with Crippen molar-refractivity contribution >= 4 is 17.1 Å². The Morgan fingerprint density at radius 3 is 1.59 bits per heavy atom. The van der Waals surface area contributed by atoms with Crippen LogP contribution in [0, 0.1) is 0 Å². The summed E-state index contributed by atoms with van der Waals surface area (Å²) in [5, 5.41) is 0. The summed E-state index contributed by atoms with van der Waals surface area (Å²) in [5.74, 6) is 0. The Morgan fingerprint density at radius 1 is 0.552 bits per heavy atom. The molecule has 5 aromatic rings. The number of hydrogen-bond donors (Lipinski definition) is 0. The predicted octanol–water partition coefficient (Wildman–Crippen LogP) is 15.8. The maximum Gasteiger partial charge on any atom is 0.0693 e. The van der Waals surface area contributed by atoms with Gasteiger partial charge in [-0.15, -0.1) is 0 Å². The minimum Gasteiger partial charge on any atom is -0.315 e. The van der Waals surface area contributed by atoms with Gasteiger partial charge in [-0.3, -0.25) is 0 Å². The Bertz CT molecular complexity index is 2340. The molecule has 1 aliphatic rings. The van der Waals surface area contributed by atoms with E-state index >= 15 is 0 Å². The molecule has 0 fully saturated rings. The number of rotatable bonds is 16. The van der Waals surface area contributed by atoms with Crippen LogP contribution in [-0.2, 0) is 0 Å². The summed E-state index contributed by atoms with van der Waals surface area (Å²) in [6.45, 7) is 18.2. The number of allylic oxidation sites excluding steroid dienone is 16. The van der Waals surface area contributed by atoms with E-state index in [1.54, 1.807) is 6.08 Å². The monoisotopic (exact) mass is 754 g/mol. The van der Waals surface area contributed by atoms with Gasteiger partial charge in [-0.05, 0) is 107 Å². The van der Waals surface area contributed by atoms with Crippen LogP contribution in [0.15, 0.2) is 273 Å². The number of nitrogens with zero attached hydrogens (tertiary/aromatic N) is 2. The molecule has 0 heterocycles. The molecule has 0 N–H and O–H groups in total. The van der Waals surface area contributed by atoms with Crippen LogP contribution in [0.5, 0.6) is 0 Å². The van der Waals surface area contributed by atoms with Crippen molar-refractivity contribution in [2.75, 3.05) is 9.80 Å². The second-order valence-electron chi connectivity index (χ2n) is 13.0. The van der Waals surface area contributed by atoms with Gasteiger partial charge in [0.15, 0.2) is 0 Å². The van der Waals surface area contributed by atoms with E-state index < -0.39 is 0 Å². The highest BCUT2D eigenvalue weighted by molar-refractivity contribution is 5.77. The van der Waals surface area contributed by atoms with E-state index in [-0.39, 0.29) is 0 Å². The van der Waals surface area contributed by atoms with Gasteiger partial charge in [-0.2, -0.15) is 0 Å². The molecule has 0 bridgehead atoms. The van der Waals surface area contributed by atoms with Crippen LogP contribution in [0.4, 0.5) is 17.1 Å². The highest BCUT2D eigenvalue weighted by Crippen LogP contribution is 2.37. The van der Waals surface area contributed by atoms with Gasteiger partial charge < -0.3 is 9.80 Å². The van der Waals surface area contributed by atoms with Crippen molar-refractivity contribution in [3.05, 3.63) is 273 Å². The van der Waals surface area contributed by atoms with Gasteiger partial charge in [0.05, 0.1) is 11.4 Å². The van der Waals surface area contributed by atoms with Crippen molar-refractivity contribution < 1.29 is 0 Å². The molecule has 2 nitrogen and oxygen atoms in total. The van der Waals surface area contributed by atoms with Gasteiger partial charge >= 0.3 is 0 Å². The molecular weight excluding hydrogens is 701 g/mol. The third-order valence-electron chi connectivity index (χ3n) is 9.38. The van der Waals surface area contributed by atoms with Crippen LogP contribution >= 0.6 is 0 Å². The van der Waals surface area contributed by atoms with E-state index in [1.165, 1.54) is 22.3 Å². The standard InChI is InChI=1S/C54H48N2.C2H6/c1-5-9-23-49(45-26-19-20-27-45)42-43(21-6-2)40-41-55(50-28-15-11-16-29-50)54(22-7-3)53(8-4)56(51-30-17-12-18-31-51)52-38-36-48(37-39-52)47-34-32-46(33-35-47)44-24-13-10-14-25-44;1-2/h5-19,21-42H,1-3,20H2,4H3;1-2H3/b23-9-,41-40-,43-21+,49-42+,53-8+,54-22+;. The molecule has 0 unspecified atom stereocenters. The zero-order chi connectivity index (χ0) is 41.0. The fourth-order valence-electron chi connectivity index (χ4n) is 6.68. The second kappa shape index (κ2) is 22.4. The fraction of sp³-hybridized carbons (Fsp3) is 0.0714. The molecule has 0 aromatic heterocycles. The van der Waals surface area contributed by atoms with Crippen LogP contribution in [0.3, 0.4) is 0 Å². The Balaban J connectivity index is 0.00000315. The van der Waals surface area contributed by atoms with Crippen LogP contribution in [0.1, 0.15) is 27.2 Å². The SMILES string of the molecule is C=C\C=C/C(=C\C(\C=C/N(C(=C/C=C)/C(=C\C)N(c1ccccc1)c1ccc(-c2ccc(-c3ccccc3)cc2)cc1)c1ccccc1)=C\C=C)C1=CCC=C1.CC. The van der Waals surface area contributed by atoms with E-state index in [0.717, 1.165) is 51.6 Å². The molecule has 0 atom stereocenters. The fourth-order valence-corrected chi connectivity index (χ4v) is 6.68. The lowest BCUT2D eigenvalue weighted by molar-refractivity contribution is 1.08. The van der Waals surface area contributed by atoms with Crippen molar-refractivity contribution in [3.63, 3.8) is 0 Å². The molecule has 0 radical (unpaired) electrons. The Hall–Kier alpha value is -7.16. The summed E-state index contributed by atoms with van der Waals surface area (Å²) in [4.78, 5) is 4.52. The molecule has 288 valence electrons. The van der Waals surface area contributed by atoms with E-state index in [0.29, 0.717) is 0 Å². The number of hydrogen-bond acceptors (Lipinski definition) is 2. The summed E-state index contributed by atoms with van der Waals surface area (Å²) in [6.07, 6.45) is 29.8. The number of anilines is 3. The second-order valence-corrected chi connectivity index (χ2v) is 13.0. The quantitative estimate of drug-likeness (QED) is 0.0926. The van der Waals surface area contributed by atoms with Crippen molar-refractivity contribution in [1.82, 2.24) is 0 Å². The van der Waals surface area contributed by atoms with Gasteiger partial charge in [0.2, 0.25) is 0 Å². The third kappa shape index (κ3) is 11.0. The highest BCUT2D eigenvalue weighted by atomic mass is 15.2. The first-order valence-electron chi connectivity index (χ1n) is 20.0. The van der Waals surface area contributed by atoms with Gasteiger partial charge in [0.1, 0.15) is 0 Å². The first-order valence-corrected chi connectivity index (χ1v) is 20.0. The molecule has 5 aromatic carbocycles. The van der Waals surface area contributed by atoms with Crippen LogP contribution in [0.2, 0.25) is 0 Å². The molecule has 1 aliphatic carbocycles. The summed E-state index contributed by atoms with van der Waals surface area (Å²) in [7, 11) is 0. The summed E-state index contributed by atoms with van der Waals surface area (Å²) < 4.78 is 0. The van der Waals surface area contributed by atoms with Crippen molar-refractivity contribution in [2.45, 2.75) is 27.2 Å². The van der Waals surface area contributed by atoms with E-state index in [2.05, 4.69) is 219 Å². The molecule has 6 rings (SSSR count). The molecule has 0 amide bonds. The topological polar surface area (TPSA) is 6.48 Å². The van der Waals surface area contributed by atoms with Crippen LogP contribution < -0.4 is 9.80 Å². The average molecular weight is 755 g/mol. The maximum absolute atomic E-state index is 4.17. The molecular formula is C56H54N2. The first-order chi connectivity index (χ1) is 28.6. The first kappa shape index (κ1) is 42.0. The largest absolute Gasteiger partial charge is 0.315 e. The highest BCUT2D eigenvalue weighted by Gasteiger charge is 2.22. The molecule has 0 saturated carbocycles. The maximum atomic E-state index is 4.17. The zero-order valence-corrected chi connectivity index (χ0v) is 34.1. The Kier molecular flexibility index (Phi) is 16.2. The normalized spacial score (nSPS) is 13.2. The lowest BCUT2D eigenvalue weighted by Crippen LogP contribution is -2.26. The minimum atomic E-state index is 0.928. The van der Waals surface area contributed by atoms with Gasteiger partial charge in [0, 0.05) is 23.3 Å². The Labute approximate surface area is 347 Å². The van der Waals surface area contributed by atoms with Crippen molar-refractivity contribution in [2.24, 2.45) is 0 Å². The summed E-state index contributed by atoms with van der Waals surface area (Å²) in [6, 6.07) is 49.0. The molecule has 0 saturated heterocycles. The van der Waals surface area contributed by atoms with E-state index in [1.807, 2.05) is 50.3 Å². The molecule has 2 heteroatoms. The number of para-hydroxylation sites is 2. The third-order valence-corrected chi connectivity index (χ3v) is 9.38. The van der Waals surface area contributed by atoms with Crippen molar-refractivity contribution in [1.29, 1.82) is 0 Å². The predicted molar refractivity (Wildman–Crippen MR) is 255 cm³/mol. The van der Waals surface area contributed by atoms with E-state index in [4.69, 9.17) is 0 Å². The zero-order valence-electron chi connectivity index (χ0n) is 34.1. The van der Waals surface area contributed by atoms with E-state index in [9.17, 15) is 0 Å².